The number of carbonyl (C=O) groups is 1. The molecule has 4 rings (SSSR count). The second kappa shape index (κ2) is 7.34. The molecule has 2 unspecified atom stereocenters. The Hall–Kier alpha value is -2.35. The van der Waals surface area contributed by atoms with Gasteiger partial charge in [-0.15, -0.1) is 0 Å². The Morgan fingerprint density at radius 2 is 2.15 bits per heavy atom. The van der Waals surface area contributed by atoms with Gasteiger partial charge in [-0.2, -0.15) is 5.10 Å². The Kier molecular flexibility index (Phi) is 4.90. The van der Waals surface area contributed by atoms with Gasteiger partial charge in [0.1, 0.15) is 31.2 Å². The molecular formula is C19H26N4O4. The number of hydrogen-bond acceptors (Lipinski definition) is 7. The molecule has 27 heavy (non-hydrogen) atoms. The number of nitrogen functional groups attached to an aromatic ring is 1. The zero-order valence-corrected chi connectivity index (χ0v) is 15.6. The van der Waals surface area contributed by atoms with Gasteiger partial charge in [-0.1, -0.05) is 19.8 Å². The summed E-state index contributed by atoms with van der Waals surface area (Å²) in [6.07, 6.45) is 6.83. The molecule has 1 aliphatic carbocycles. The minimum Gasteiger partial charge on any atom is -0.434 e. The number of hydrogen-bond donors (Lipinski definition) is 1. The molecule has 0 spiro atoms. The molecule has 0 bridgehead atoms. The Morgan fingerprint density at radius 1 is 1.33 bits per heavy atom. The first-order valence-electron chi connectivity index (χ1n) is 9.57. The van der Waals surface area contributed by atoms with E-state index in [4.69, 9.17) is 19.9 Å². The van der Waals surface area contributed by atoms with Crippen molar-refractivity contribution < 1.29 is 19.0 Å². The van der Waals surface area contributed by atoms with Crippen LogP contribution in [0, 0.1) is 5.41 Å². The van der Waals surface area contributed by atoms with E-state index in [0.717, 1.165) is 36.9 Å². The maximum absolute atomic E-state index is 11.9. The highest BCUT2D eigenvalue weighted by Crippen LogP contribution is 2.38. The topological polar surface area (TPSA) is 101 Å². The van der Waals surface area contributed by atoms with Crippen LogP contribution in [0.25, 0.3) is 5.52 Å². The van der Waals surface area contributed by atoms with Gasteiger partial charge in [-0.25, -0.2) is 14.3 Å². The molecule has 0 radical (unpaired) electrons. The van der Waals surface area contributed by atoms with Crippen LogP contribution in [0.4, 0.5) is 10.6 Å². The minimum atomic E-state index is -0.608. The van der Waals surface area contributed by atoms with E-state index in [1.807, 2.05) is 12.1 Å². The molecule has 8 nitrogen and oxygen atoms in total. The first kappa shape index (κ1) is 18.0. The van der Waals surface area contributed by atoms with Gasteiger partial charge in [0.05, 0.1) is 11.8 Å². The van der Waals surface area contributed by atoms with Crippen LogP contribution in [0.2, 0.25) is 0 Å². The first-order chi connectivity index (χ1) is 13.0. The lowest BCUT2D eigenvalue weighted by Gasteiger charge is -2.22. The summed E-state index contributed by atoms with van der Waals surface area (Å²) in [7, 11) is 0. The van der Waals surface area contributed by atoms with Gasteiger partial charge in [0.15, 0.2) is 5.82 Å². The molecule has 2 N–H and O–H groups in total. The summed E-state index contributed by atoms with van der Waals surface area (Å²) in [5.41, 5.74) is 7.67. The van der Waals surface area contributed by atoms with Crippen LogP contribution in [0.5, 0.6) is 0 Å². The molecule has 2 fully saturated rings. The van der Waals surface area contributed by atoms with E-state index in [1.54, 1.807) is 4.52 Å². The summed E-state index contributed by atoms with van der Waals surface area (Å²) in [5.74, 6) is 0.438. The molecule has 1 saturated carbocycles. The molecular weight excluding hydrogens is 348 g/mol. The van der Waals surface area contributed by atoms with E-state index in [1.165, 1.54) is 19.2 Å². The van der Waals surface area contributed by atoms with Gasteiger partial charge < -0.3 is 19.9 Å². The standard InChI is InChI=1S/C19H26N4O4/c1-19(8-2-3-9-19)11-26-18(24)25-10-13-4-7-16(27-13)14-5-6-15-17(20)21-12-22-23(14)15/h5-6,12-13,16H,2-4,7-11H2,1H3,(H2,20,21,22). The summed E-state index contributed by atoms with van der Waals surface area (Å²) >= 11 is 0. The lowest BCUT2D eigenvalue weighted by Crippen LogP contribution is -2.24. The average molecular weight is 374 g/mol. The number of nitrogens with zero attached hydrogens (tertiary/aromatic N) is 3. The lowest BCUT2D eigenvalue weighted by atomic mass is 9.90. The van der Waals surface area contributed by atoms with Crippen molar-refractivity contribution in [2.45, 2.75) is 57.7 Å². The highest BCUT2D eigenvalue weighted by Gasteiger charge is 2.32. The van der Waals surface area contributed by atoms with Crippen LogP contribution in [0.1, 0.15) is 57.2 Å². The fourth-order valence-corrected chi connectivity index (χ4v) is 4.07. The highest BCUT2D eigenvalue weighted by atomic mass is 16.7. The van der Waals surface area contributed by atoms with Crippen molar-refractivity contribution in [3.63, 3.8) is 0 Å². The Bertz CT molecular complexity index is 815. The van der Waals surface area contributed by atoms with Gasteiger partial charge >= 0.3 is 6.16 Å². The predicted octanol–water partition coefficient (Wildman–Crippen LogP) is 3.27. The maximum atomic E-state index is 11.9. The monoisotopic (exact) mass is 374 g/mol. The van der Waals surface area contributed by atoms with E-state index in [-0.39, 0.29) is 24.2 Å². The van der Waals surface area contributed by atoms with Gasteiger partial charge in [0.2, 0.25) is 0 Å². The molecule has 2 aromatic heterocycles. The number of fused-ring (bicyclic) bond motifs is 1. The van der Waals surface area contributed by atoms with Crippen LogP contribution in [0.3, 0.4) is 0 Å². The number of anilines is 1. The fourth-order valence-electron chi connectivity index (χ4n) is 4.07. The lowest BCUT2D eigenvalue weighted by molar-refractivity contribution is -0.0248. The summed E-state index contributed by atoms with van der Waals surface area (Å²) in [6.45, 7) is 2.79. The number of rotatable bonds is 5. The third kappa shape index (κ3) is 3.85. The van der Waals surface area contributed by atoms with Crippen molar-refractivity contribution in [1.82, 2.24) is 14.6 Å². The summed E-state index contributed by atoms with van der Waals surface area (Å²) < 4.78 is 18.4. The largest absolute Gasteiger partial charge is 0.508 e. The fraction of sp³-hybridized carbons (Fsp3) is 0.632. The van der Waals surface area contributed by atoms with Crippen molar-refractivity contribution in [3.05, 3.63) is 24.2 Å². The van der Waals surface area contributed by atoms with E-state index in [0.29, 0.717) is 12.4 Å². The molecule has 8 heteroatoms. The Morgan fingerprint density at radius 3 is 2.96 bits per heavy atom. The molecule has 2 aliphatic rings. The van der Waals surface area contributed by atoms with Gasteiger partial charge in [0, 0.05) is 5.41 Å². The first-order valence-corrected chi connectivity index (χ1v) is 9.57. The molecule has 0 amide bonds. The maximum Gasteiger partial charge on any atom is 0.508 e. The van der Waals surface area contributed by atoms with Crippen molar-refractivity contribution in [3.8, 4) is 0 Å². The smallest absolute Gasteiger partial charge is 0.434 e. The molecule has 1 saturated heterocycles. The predicted molar refractivity (Wildman–Crippen MR) is 98.1 cm³/mol. The average Bonchev–Trinajstić information content (AvgIpc) is 3.38. The molecule has 1 aliphatic heterocycles. The van der Waals surface area contributed by atoms with Crippen molar-refractivity contribution in [2.24, 2.45) is 5.41 Å². The Balaban J connectivity index is 1.27. The van der Waals surface area contributed by atoms with Crippen LogP contribution in [0.15, 0.2) is 18.5 Å². The van der Waals surface area contributed by atoms with Crippen molar-refractivity contribution in [1.29, 1.82) is 0 Å². The zero-order chi connectivity index (χ0) is 18.9. The number of nitrogens with two attached hydrogens (primary N) is 1. The van der Waals surface area contributed by atoms with Gasteiger partial charge in [-0.05, 0) is 37.8 Å². The second-order valence-electron chi connectivity index (χ2n) is 7.89. The van der Waals surface area contributed by atoms with Crippen LogP contribution in [-0.4, -0.2) is 40.1 Å². The van der Waals surface area contributed by atoms with Gasteiger partial charge in [-0.3, -0.25) is 0 Å². The molecule has 2 aromatic rings. The number of aromatic nitrogens is 3. The zero-order valence-electron chi connectivity index (χ0n) is 15.6. The normalized spacial score (nSPS) is 24.3. The summed E-state index contributed by atoms with van der Waals surface area (Å²) in [6, 6.07) is 3.84. The van der Waals surface area contributed by atoms with Crippen LogP contribution >= 0.6 is 0 Å². The third-order valence-corrected chi connectivity index (χ3v) is 5.68. The van der Waals surface area contributed by atoms with E-state index < -0.39 is 6.16 Å². The minimum absolute atomic E-state index is 0.105. The molecule has 3 heterocycles. The van der Waals surface area contributed by atoms with Gasteiger partial charge in [0.25, 0.3) is 0 Å². The van der Waals surface area contributed by atoms with E-state index >= 15 is 0 Å². The van der Waals surface area contributed by atoms with Crippen LogP contribution < -0.4 is 5.73 Å². The number of ether oxygens (including phenoxy) is 3. The Labute approximate surface area is 158 Å². The number of carbonyl (C=O) groups excluding carboxylic acids is 1. The molecule has 2 atom stereocenters. The van der Waals surface area contributed by atoms with Crippen molar-refractivity contribution >= 4 is 17.5 Å². The second-order valence-corrected chi connectivity index (χ2v) is 7.89. The molecule has 146 valence electrons. The van der Waals surface area contributed by atoms with Crippen LogP contribution in [-0.2, 0) is 14.2 Å². The van der Waals surface area contributed by atoms with E-state index in [2.05, 4.69) is 17.0 Å². The summed E-state index contributed by atoms with van der Waals surface area (Å²) in [5, 5.41) is 4.25. The third-order valence-electron chi connectivity index (χ3n) is 5.68. The van der Waals surface area contributed by atoms with Crippen molar-refractivity contribution in [2.75, 3.05) is 18.9 Å². The van der Waals surface area contributed by atoms with E-state index in [9.17, 15) is 4.79 Å². The highest BCUT2D eigenvalue weighted by molar-refractivity contribution is 5.65. The quantitative estimate of drug-likeness (QED) is 0.802. The molecule has 0 aromatic carbocycles. The SMILES string of the molecule is CC1(COC(=O)OCC2CCC(c3ccc4c(N)ncnn34)O2)CCCC1. The summed E-state index contributed by atoms with van der Waals surface area (Å²) in [4.78, 5) is 15.9.